The number of hydrogen-bond acceptors (Lipinski definition) is 3. The first-order chi connectivity index (χ1) is 6.68. The summed E-state index contributed by atoms with van der Waals surface area (Å²) in [5.41, 5.74) is 0. The summed E-state index contributed by atoms with van der Waals surface area (Å²) in [7, 11) is 6.51. The normalized spacial score (nSPS) is 22.5. The second kappa shape index (κ2) is 6.38. The third kappa shape index (κ3) is 4.94. The second-order valence-corrected chi connectivity index (χ2v) is 4.71. The Balaban J connectivity index is 2.00. The average molecular weight is 199 g/mol. The van der Waals surface area contributed by atoms with Gasteiger partial charge in [0, 0.05) is 12.6 Å². The van der Waals surface area contributed by atoms with Gasteiger partial charge in [-0.15, -0.1) is 0 Å². The van der Waals surface area contributed by atoms with Crippen LogP contribution in [0.4, 0.5) is 0 Å². The molecule has 0 saturated carbocycles. The fourth-order valence-corrected chi connectivity index (χ4v) is 2.04. The summed E-state index contributed by atoms with van der Waals surface area (Å²) >= 11 is 0. The van der Waals surface area contributed by atoms with Gasteiger partial charge in [-0.05, 0) is 60.0 Å². The molecular formula is C11H25N3. The Morgan fingerprint density at radius 2 is 2.00 bits per heavy atom. The van der Waals surface area contributed by atoms with Crippen LogP contribution in [0.2, 0.25) is 0 Å². The fourth-order valence-electron chi connectivity index (χ4n) is 2.04. The average Bonchev–Trinajstić information content (AvgIpc) is 2.56. The summed E-state index contributed by atoms with van der Waals surface area (Å²) in [4.78, 5) is 4.70. The van der Waals surface area contributed by atoms with E-state index in [1.165, 1.54) is 45.4 Å². The van der Waals surface area contributed by atoms with Gasteiger partial charge in [0.15, 0.2) is 0 Å². The maximum atomic E-state index is 3.53. The van der Waals surface area contributed by atoms with Crippen molar-refractivity contribution in [2.45, 2.75) is 25.3 Å². The van der Waals surface area contributed by atoms with Gasteiger partial charge in [-0.1, -0.05) is 0 Å². The van der Waals surface area contributed by atoms with Crippen LogP contribution in [0.1, 0.15) is 19.3 Å². The van der Waals surface area contributed by atoms with Crippen molar-refractivity contribution in [1.29, 1.82) is 0 Å². The largest absolute Gasteiger partial charge is 0.313 e. The van der Waals surface area contributed by atoms with Gasteiger partial charge in [0.1, 0.15) is 0 Å². The van der Waals surface area contributed by atoms with E-state index in [0.717, 1.165) is 6.04 Å². The van der Waals surface area contributed by atoms with Gasteiger partial charge in [-0.3, -0.25) is 0 Å². The van der Waals surface area contributed by atoms with E-state index in [9.17, 15) is 0 Å². The van der Waals surface area contributed by atoms with Gasteiger partial charge >= 0.3 is 0 Å². The predicted molar refractivity (Wildman–Crippen MR) is 61.7 cm³/mol. The third-order valence-corrected chi connectivity index (χ3v) is 2.84. The highest BCUT2D eigenvalue weighted by Gasteiger charge is 2.15. The molecule has 1 unspecified atom stereocenters. The topological polar surface area (TPSA) is 18.5 Å². The molecule has 3 heteroatoms. The van der Waals surface area contributed by atoms with Gasteiger partial charge in [-0.25, -0.2) is 0 Å². The van der Waals surface area contributed by atoms with Crippen molar-refractivity contribution in [2.24, 2.45) is 0 Å². The first-order valence-corrected chi connectivity index (χ1v) is 5.75. The van der Waals surface area contributed by atoms with E-state index in [0.29, 0.717) is 0 Å². The van der Waals surface area contributed by atoms with Gasteiger partial charge in [0.2, 0.25) is 0 Å². The molecule has 1 N–H and O–H groups in total. The van der Waals surface area contributed by atoms with E-state index in [1.54, 1.807) is 0 Å². The van der Waals surface area contributed by atoms with Crippen molar-refractivity contribution < 1.29 is 0 Å². The summed E-state index contributed by atoms with van der Waals surface area (Å²) in [6.07, 6.45) is 3.99. The molecule has 1 atom stereocenters. The molecule has 0 bridgehead atoms. The molecule has 0 aliphatic carbocycles. The van der Waals surface area contributed by atoms with Crippen molar-refractivity contribution in [3.05, 3.63) is 0 Å². The summed E-state index contributed by atoms with van der Waals surface area (Å²) in [6, 6.07) is 0.749. The van der Waals surface area contributed by atoms with Crippen LogP contribution in [0.25, 0.3) is 0 Å². The van der Waals surface area contributed by atoms with Crippen molar-refractivity contribution in [1.82, 2.24) is 15.1 Å². The molecule has 0 radical (unpaired) electrons. The minimum Gasteiger partial charge on any atom is -0.313 e. The van der Waals surface area contributed by atoms with Crippen molar-refractivity contribution in [3.63, 3.8) is 0 Å². The maximum Gasteiger partial charge on any atom is 0.0195 e. The van der Waals surface area contributed by atoms with Gasteiger partial charge < -0.3 is 15.1 Å². The van der Waals surface area contributed by atoms with Crippen molar-refractivity contribution >= 4 is 0 Å². The molecular weight excluding hydrogens is 174 g/mol. The van der Waals surface area contributed by atoms with Crippen LogP contribution in [0, 0.1) is 0 Å². The number of nitrogens with one attached hydrogen (secondary N) is 1. The highest BCUT2D eigenvalue weighted by atomic mass is 15.1. The predicted octanol–water partition coefficient (Wildman–Crippen LogP) is 0.622. The lowest BCUT2D eigenvalue weighted by Gasteiger charge is -2.21. The molecule has 1 heterocycles. The highest BCUT2D eigenvalue weighted by Crippen LogP contribution is 2.06. The smallest absolute Gasteiger partial charge is 0.0195 e. The monoisotopic (exact) mass is 199 g/mol. The van der Waals surface area contributed by atoms with E-state index in [4.69, 9.17) is 0 Å². The SMILES string of the molecule is CN(C)CCCN(C)CC1CCCN1. The molecule has 0 aromatic rings. The van der Waals surface area contributed by atoms with Crippen molar-refractivity contribution in [2.75, 3.05) is 47.3 Å². The summed E-state index contributed by atoms with van der Waals surface area (Å²) < 4.78 is 0. The van der Waals surface area contributed by atoms with Crippen LogP contribution in [-0.4, -0.2) is 63.2 Å². The molecule has 1 aliphatic rings. The zero-order valence-corrected chi connectivity index (χ0v) is 9.92. The molecule has 0 aromatic carbocycles. The lowest BCUT2D eigenvalue weighted by Crippen LogP contribution is -2.36. The Hall–Kier alpha value is -0.120. The molecule has 1 aliphatic heterocycles. The quantitative estimate of drug-likeness (QED) is 0.676. The molecule has 1 rings (SSSR count). The van der Waals surface area contributed by atoms with Crippen LogP contribution in [0.3, 0.4) is 0 Å². The Morgan fingerprint density at radius 1 is 1.21 bits per heavy atom. The standard InChI is InChI=1S/C11H25N3/c1-13(2)8-5-9-14(3)10-11-6-4-7-12-11/h11-12H,4-10H2,1-3H3. The van der Waals surface area contributed by atoms with Crippen LogP contribution in [0.5, 0.6) is 0 Å². The Kier molecular flexibility index (Phi) is 5.45. The molecule has 0 spiro atoms. The summed E-state index contributed by atoms with van der Waals surface area (Å²) in [6.45, 7) is 4.85. The lowest BCUT2D eigenvalue weighted by atomic mass is 10.2. The molecule has 1 saturated heterocycles. The Bertz CT molecular complexity index is 141. The van der Waals surface area contributed by atoms with E-state index in [2.05, 4.69) is 36.3 Å². The first-order valence-electron chi connectivity index (χ1n) is 5.75. The van der Waals surface area contributed by atoms with E-state index >= 15 is 0 Å². The number of likely N-dealkylation sites (N-methyl/N-ethyl adjacent to an activating group) is 1. The Morgan fingerprint density at radius 3 is 2.57 bits per heavy atom. The molecule has 3 nitrogen and oxygen atoms in total. The lowest BCUT2D eigenvalue weighted by molar-refractivity contribution is 0.278. The zero-order valence-electron chi connectivity index (χ0n) is 9.92. The Labute approximate surface area is 88.5 Å². The maximum absolute atomic E-state index is 3.53. The second-order valence-electron chi connectivity index (χ2n) is 4.71. The van der Waals surface area contributed by atoms with E-state index in [1.807, 2.05) is 0 Å². The molecule has 0 aromatic heterocycles. The number of nitrogens with zero attached hydrogens (tertiary/aromatic N) is 2. The summed E-state index contributed by atoms with van der Waals surface area (Å²) in [5.74, 6) is 0. The van der Waals surface area contributed by atoms with Gasteiger partial charge in [0.25, 0.3) is 0 Å². The molecule has 0 amide bonds. The highest BCUT2D eigenvalue weighted by molar-refractivity contribution is 4.76. The zero-order chi connectivity index (χ0) is 10.4. The molecule has 1 fully saturated rings. The van der Waals surface area contributed by atoms with Crippen molar-refractivity contribution in [3.8, 4) is 0 Å². The third-order valence-electron chi connectivity index (χ3n) is 2.84. The minimum atomic E-state index is 0.749. The van der Waals surface area contributed by atoms with Crippen LogP contribution < -0.4 is 5.32 Å². The van der Waals surface area contributed by atoms with E-state index < -0.39 is 0 Å². The van der Waals surface area contributed by atoms with Crippen LogP contribution in [0.15, 0.2) is 0 Å². The van der Waals surface area contributed by atoms with Gasteiger partial charge in [-0.2, -0.15) is 0 Å². The van der Waals surface area contributed by atoms with E-state index in [-0.39, 0.29) is 0 Å². The number of rotatable bonds is 6. The minimum absolute atomic E-state index is 0.749. The first kappa shape index (κ1) is 12.0. The number of hydrogen-bond donors (Lipinski definition) is 1. The van der Waals surface area contributed by atoms with Gasteiger partial charge in [0.05, 0.1) is 0 Å². The molecule has 14 heavy (non-hydrogen) atoms. The summed E-state index contributed by atoms with van der Waals surface area (Å²) in [5, 5.41) is 3.53. The molecule has 84 valence electrons. The fraction of sp³-hybridized carbons (Fsp3) is 1.00. The van der Waals surface area contributed by atoms with Crippen LogP contribution in [-0.2, 0) is 0 Å². The van der Waals surface area contributed by atoms with Crippen LogP contribution >= 0.6 is 0 Å².